The van der Waals surface area contributed by atoms with Crippen LogP contribution in [0.2, 0.25) is 0 Å². The fourth-order valence-corrected chi connectivity index (χ4v) is 5.46. The summed E-state index contributed by atoms with van der Waals surface area (Å²) in [6, 6.07) is 8.96. The maximum Gasteiger partial charge on any atom is 0.258 e. The average molecular weight is 534 g/mol. The predicted molar refractivity (Wildman–Crippen MR) is 135 cm³/mol. The summed E-state index contributed by atoms with van der Waals surface area (Å²) >= 11 is 0. The number of likely N-dealkylation sites (N-methyl/N-ethyl adjacent to an activating group) is 1. The van der Waals surface area contributed by atoms with Gasteiger partial charge in [-0.05, 0) is 56.2 Å². The van der Waals surface area contributed by atoms with E-state index in [4.69, 9.17) is 4.74 Å². The molecule has 0 bridgehead atoms. The zero-order valence-electron chi connectivity index (χ0n) is 21.1. The van der Waals surface area contributed by atoms with Crippen LogP contribution in [0.4, 0.5) is 10.1 Å². The number of fused-ring (bicyclic) bond motifs is 1. The van der Waals surface area contributed by atoms with Gasteiger partial charge in [0.15, 0.2) is 5.75 Å². The molecule has 0 unspecified atom stereocenters. The van der Waals surface area contributed by atoms with Crippen molar-refractivity contribution in [3.05, 3.63) is 53.8 Å². The molecule has 2 aliphatic rings. The van der Waals surface area contributed by atoms with Gasteiger partial charge in [0.05, 0.1) is 35.3 Å². The third kappa shape index (κ3) is 5.78. The van der Waals surface area contributed by atoms with Gasteiger partial charge >= 0.3 is 0 Å². The van der Waals surface area contributed by atoms with E-state index in [0.717, 1.165) is 29.3 Å². The lowest BCUT2D eigenvalue weighted by atomic mass is 9.99. The number of carbonyl (C=O) groups excluding carboxylic acids is 2. The molecule has 2 N–H and O–H groups in total. The number of aliphatic hydroxyl groups is 1. The number of benzene rings is 2. The molecule has 1 aliphatic carbocycles. The molecule has 37 heavy (non-hydrogen) atoms. The molecule has 1 fully saturated rings. The molecule has 4 rings (SSSR count). The minimum absolute atomic E-state index is 0.0570. The van der Waals surface area contributed by atoms with Crippen LogP contribution in [0, 0.1) is 17.7 Å². The Morgan fingerprint density at radius 3 is 2.54 bits per heavy atom. The van der Waals surface area contributed by atoms with E-state index in [1.807, 2.05) is 6.92 Å². The van der Waals surface area contributed by atoms with Gasteiger partial charge in [-0.1, -0.05) is 13.0 Å². The third-order valence-electron chi connectivity index (χ3n) is 6.86. The normalized spacial score (nSPS) is 21.0. The summed E-state index contributed by atoms with van der Waals surface area (Å²) in [5.41, 5.74) is 0.553. The number of nitrogens with one attached hydrogen (secondary N) is 1. The summed E-state index contributed by atoms with van der Waals surface area (Å²) in [6.45, 7) is 3.46. The van der Waals surface area contributed by atoms with Crippen molar-refractivity contribution < 1.29 is 32.2 Å². The van der Waals surface area contributed by atoms with Crippen molar-refractivity contribution in [2.24, 2.45) is 11.8 Å². The molecule has 3 atom stereocenters. The van der Waals surface area contributed by atoms with Crippen molar-refractivity contribution in [2.75, 3.05) is 32.1 Å². The quantitative estimate of drug-likeness (QED) is 0.539. The molecule has 0 spiro atoms. The molecule has 1 saturated carbocycles. The zero-order valence-corrected chi connectivity index (χ0v) is 21.9. The van der Waals surface area contributed by atoms with Crippen molar-refractivity contribution in [3.63, 3.8) is 0 Å². The van der Waals surface area contributed by atoms with Gasteiger partial charge in [-0.25, -0.2) is 12.8 Å². The number of amides is 2. The monoisotopic (exact) mass is 533 g/mol. The molecular weight excluding hydrogens is 501 g/mol. The van der Waals surface area contributed by atoms with Gasteiger partial charge in [0, 0.05) is 25.4 Å². The number of nitrogens with zero attached hydrogens (tertiary/aromatic N) is 2. The van der Waals surface area contributed by atoms with E-state index < -0.39 is 28.0 Å². The number of sulfonamides is 1. The Balaban J connectivity index is 1.70. The number of para-hydroxylation sites is 1. The first-order valence-corrected chi connectivity index (χ1v) is 13.7. The summed E-state index contributed by atoms with van der Waals surface area (Å²) in [7, 11) is -2.55. The lowest BCUT2D eigenvalue weighted by Crippen LogP contribution is -2.50. The molecule has 1 heterocycles. The maximum atomic E-state index is 13.5. The standard InChI is InChI=1S/C26H32FN3O6S/c1-16-13-30(17(2)15-31)26(33)21-5-4-6-22(28-25(32)18-7-8-18)24(21)36-23(16)14-29(3)37(34,35)20-11-9-19(27)10-12-20/h4-6,9-12,16-18,23,31H,7-8,13-15H2,1-3H3,(H,28,32)/t16-,17-,23+/m1/s1. The second kappa shape index (κ2) is 10.8. The van der Waals surface area contributed by atoms with Gasteiger partial charge in [-0.2, -0.15) is 4.31 Å². The van der Waals surface area contributed by atoms with E-state index >= 15 is 0 Å². The van der Waals surface area contributed by atoms with E-state index in [2.05, 4.69) is 5.32 Å². The van der Waals surface area contributed by atoms with Crippen molar-refractivity contribution in [3.8, 4) is 5.75 Å². The number of hydrogen-bond donors (Lipinski definition) is 2. The van der Waals surface area contributed by atoms with Crippen molar-refractivity contribution in [1.82, 2.24) is 9.21 Å². The van der Waals surface area contributed by atoms with E-state index in [1.54, 1.807) is 30.0 Å². The van der Waals surface area contributed by atoms with Gasteiger partial charge in [-0.3, -0.25) is 9.59 Å². The Morgan fingerprint density at radius 2 is 1.92 bits per heavy atom. The molecule has 1 aliphatic heterocycles. The topological polar surface area (TPSA) is 116 Å². The predicted octanol–water partition coefficient (Wildman–Crippen LogP) is 2.72. The van der Waals surface area contributed by atoms with Gasteiger partial charge in [0.2, 0.25) is 15.9 Å². The first-order chi connectivity index (χ1) is 17.5. The molecule has 200 valence electrons. The molecule has 0 saturated heterocycles. The molecule has 2 amide bonds. The minimum atomic E-state index is -3.96. The van der Waals surface area contributed by atoms with Crippen LogP contribution in [0.1, 0.15) is 37.0 Å². The van der Waals surface area contributed by atoms with Crippen LogP contribution in [0.25, 0.3) is 0 Å². The molecule has 0 radical (unpaired) electrons. The van der Waals surface area contributed by atoms with E-state index in [-0.39, 0.29) is 59.6 Å². The summed E-state index contributed by atoms with van der Waals surface area (Å²) < 4.78 is 47.2. The van der Waals surface area contributed by atoms with Crippen LogP contribution in [0.15, 0.2) is 47.4 Å². The zero-order chi connectivity index (χ0) is 26.9. The Morgan fingerprint density at radius 1 is 1.24 bits per heavy atom. The van der Waals surface area contributed by atoms with E-state index in [9.17, 15) is 27.5 Å². The smallest absolute Gasteiger partial charge is 0.258 e. The lowest BCUT2D eigenvalue weighted by Gasteiger charge is -2.38. The van der Waals surface area contributed by atoms with Crippen LogP contribution in [-0.2, 0) is 14.8 Å². The highest BCUT2D eigenvalue weighted by Crippen LogP contribution is 2.37. The fourth-order valence-electron chi connectivity index (χ4n) is 4.28. The Labute approximate surface area is 216 Å². The van der Waals surface area contributed by atoms with Gasteiger partial charge in [0.25, 0.3) is 5.91 Å². The van der Waals surface area contributed by atoms with E-state index in [1.165, 1.54) is 19.2 Å². The molecule has 2 aromatic carbocycles. The van der Waals surface area contributed by atoms with Crippen LogP contribution < -0.4 is 10.1 Å². The average Bonchev–Trinajstić information content (AvgIpc) is 3.72. The van der Waals surface area contributed by atoms with Crippen molar-refractivity contribution >= 4 is 27.5 Å². The number of carbonyl (C=O) groups is 2. The summed E-state index contributed by atoms with van der Waals surface area (Å²) in [4.78, 5) is 27.5. The van der Waals surface area contributed by atoms with Gasteiger partial charge < -0.3 is 20.1 Å². The summed E-state index contributed by atoms with van der Waals surface area (Å²) in [5.74, 6) is -1.30. The molecule has 0 aromatic heterocycles. The molecule has 2 aromatic rings. The second-order valence-electron chi connectivity index (χ2n) is 9.81. The number of anilines is 1. The van der Waals surface area contributed by atoms with Crippen molar-refractivity contribution in [1.29, 1.82) is 0 Å². The van der Waals surface area contributed by atoms with E-state index in [0.29, 0.717) is 5.69 Å². The number of hydrogen-bond acceptors (Lipinski definition) is 6. The SMILES string of the molecule is C[C@@H]1CN([C@H](C)CO)C(=O)c2cccc(NC(=O)C3CC3)c2O[C@H]1CN(C)S(=O)(=O)c1ccc(F)cc1. The summed E-state index contributed by atoms with van der Waals surface area (Å²) in [5, 5.41) is 12.7. The Bertz CT molecular complexity index is 1270. The number of halogens is 1. The molecule has 9 nitrogen and oxygen atoms in total. The Kier molecular flexibility index (Phi) is 7.86. The first-order valence-electron chi connectivity index (χ1n) is 12.3. The molecule has 11 heteroatoms. The Hall–Kier alpha value is -3.02. The summed E-state index contributed by atoms with van der Waals surface area (Å²) in [6.07, 6.45) is 0.891. The van der Waals surface area contributed by atoms with Crippen LogP contribution >= 0.6 is 0 Å². The lowest BCUT2D eigenvalue weighted by molar-refractivity contribution is -0.117. The van der Waals surface area contributed by atoms with Crippen LogP contribution in [0.5, 0.6) is 5.75 Å². The van der Waals surface area contributed by atoms with Gasteiger partial charge in [0.1, 0.15) is 11.9 Å². The number of aliphatic hydroxyl groups excluding tert-OH is 1. The largest absolute Gasteiger partial charge is 0.486 e. The number of ether oxygens (including phenoxy) is 1. The first kappa shape index (κ1) is 27.0. The highest BCUT2D eigenvalue weighted by molar-refractivity contribution is 7.89. The minimum Gasteiger partial charge on any atom is -0.486 e. The highest BCUT2D eigenvalue weighted by Gasteiger charge is 2.37. The van der Waals surface area contributed by atoms with Crippen LogP contribution in [0.3, 0.4) is 0 Å². The molecular formula is C26H32FN3O6S. The van der Waals surface area contributed by atoms with Crippen LogP contribution in [-0.4, -0.2) is 73.4 Å². The van der Waals surface area contributed by atoms with Gasteiger partial charge in [-0.15, -0.1) is 0 Å². The van der Waals surface area contributed by atoms with Crippen molar-refractivity contribution in [2.45, 2.75) is 43.7 Å². The number of rotatable bonds is 8. The second-order valence-corrected chi connectivity index (χ2v) is 11.9. The highest BCUT2D eigenvalue weighted by atomic mass is 32.2. The maximum absolute atomic E-state index is 13.5. The fraction of sp³-hybridized carbons (Fsp3) is 0.462. The third-order valence-corrected chi connectivity index (χ3v) is 8.69.